The largest absolute Gasteiger partial charge is 0.481 e. The first kappa shape index (κ1) is 17.3. The quantitative estimate of drug-likeness (QED) is 0.804. The Labute approximate surface area is 154 Å². The zero-order valence-electron chi connectivity index (χ0n) is 15.1. The van der Waals surface area contributed by atoms with Crippen molar-refractivity contribution in [3.63, 3.8) is 0 Å². The smallest absolute Gasteiger partial charge is 0.311 e. The molecule has 2 atom stereocenters. The van der Waals surface area contributed by atoms with Crippen molar-refractivity contribution in [2.24, 2.45) is 11.3 Å². The highest BCUT2D eigenvalue weighted by Crippen LogP contribution is 2.48. The van der Waals surface area contributed by atoms with Crippen molar-refractivity contribution >= 4 is 17.6 Å². The third kappa shape index (κ3) is 3.07. The van der Waals surface area contributed by atoms with Gasteiger partial charge < -0.3 is 15.3 Å². The van der Waals surface area contributed by atoms with Crippen LogP contribution < -0.4 is 10.2 Å². The Hall–Kier alpha value is -2.08. The van der Waals surface area contributed by atoms with Gasteiger partial charge in [0.1, 0.15) is 0 Å². The van der Waals surface area contributed by atoms with Gasteiger partial charge in [-0.1, -0.05) is 24.6 Å². The number of aliphatic carboxylic acids is 1. The Balaban J connectivity index is 1.24. The number of fused-ring (bicyclic) bond motifs is 2. The number of likely N-dealkylation sites (tertiary alicyclic amines) is 1. The molecule has 3 aliphatic rings. The lowest BCUT2D eigenvalue weighted by atomic mass is 9.81. The first-order valence-corrected chi connectivity index (χ1v) is 9.64. The van der Waals surface area contributed by atoms with Gasteiger partial charge in [-0.05, 0) is 36.8 Å². The molecule has 1 aliphatic carbocycles. The van der Waals surface area contributed by atoms with E-state index < -0.39 is 11.4 Å². The van der Waals surface area contributed by atoms with Crippen molar-refractivity contribution in [3.8, 4) is 0 Å². The fourth-order valence-electron chi connectivity index (χ4n) is 5.09. The number of carboxylic acid groups (broad SMARTS) is 1. The number of hydrogen-bond donors (Lipinski definition) is 2. The summed E-state index contributed by atoms with van der Waals surface area (Å²) in [5.41, 5.74) is 2.04. The van der Waals surface area contributed by atoms with E-state index in [0.29, 0.717) is 19.6 Å². The number of carboxylic acids is 1. The summed E-state index contributed by atoms with van der Waals surface area (Å²) in [5.74, 6) is -0.484. The number of carbonyl (C=O) groups excluding carboxylic acids is 1. The Morgan fingerprint density at radius 3 is 2.96 bits per heavy atom. The van der Waals surface area contributed by atoms with Crippen LogP contribution in [0.4, 0.5) is 5.69 Å². The Kier molecular flexibility index (Phi) is 4.61. The molecule has 1 aromatic rings. The number of hydrogen-bond acceptors (Lipinski definition) is 4. The molecule has 1 aromatic carbocycles. The molecule has 1 amide bonds. The molecular formula is C20H27N3O3. The number of anilines is 1. The van der Waals surface area contributed by atoms with Crippen LogP contribution in [0.5, 0.6) is 0 Å². The molecule has 26 heavy (non-hydrogen) atoms. The number of rotatable bonds is 6. The predicted molar refractivity (Wildman–Crippen MR) is 99.2 cm³/mol. The molecule has 0 bridgehead atoms. The van der Waals surface area contributed by atoms with Gasteiger partial charge in [0.05, 0.1) is 12.0 Å². The maximum Gasteiger partial charge on any atom is 0.311 e. The zero-order chi connectivity index (χ0) is 18.1. The van der Waals surface area contributed by atoms with Gasteiger partial charge >= 0.3 is 5.97 Å². The van der Waals surface area contributed by atoms with Crippen LogP contribution in [0.15, 0.2) is 24.3 Å². The lowest BCUT2D eigenvalue weighted by molar-refractivity contribution is -0.149. The summed E-state index contributed by atoms with van der Waals surface area (Å²) in [6.45, 7) is 3.99. The summed E-state index contributed by atoms with van der Waals surface area (Å²) >= 11 is 0. The fraction of sp³-hybridized carbons (Fsp3) is 0.600. The van der Waals surface area contributed by atoms with Crippen molar-refractivity contribution in [2.75, 3.05) is 44.2 Å². The van der Waals surface area contributed by atoms with Gasteiger partial charge in [-0.15, -0.1) is 0 Å². The van der Waals surface area contributed by atoms with Crippen LogP contribution in [0.1, 0.15) is 24.8 Å². The van der Waals surface area contributed by atoms with E-state index in [1.54, 1.807) is 0 Å². The Morgan fingerprint density at radius 1 is 1.31 bits per heavy atom. The summed E-state index contributed by atoms with van der Waals surface area (Å²) in [6.07, 6.45) is 3.78. The summed E-state index contributed by atoms with van der Waals surface area (Å²) in [5, 5.41) is 12.6. The maximum atomic E-state index is 12.3. The van der Waals surface area contributed by atoms with Crippen LogP contribution in [0.3, 0.4) is 0 Å². The summed E-state index contributed by atoms with van der Waals surface area (Å²) in [4.78, 5) is 28.4. The summed E-state index contributed by atoms with van der Waals surface area (Å²) in [6, 6.07) is 8.42. The average molecular weight is 357 g/mol. The van der Waals surface area contributed by atoms with E-state index in [0.717, 1.165) is 45.3 Å². The van der Waals surface area contributed by atoms with Crippen LogP contribution in [0, 0.1) is 11.3 Å². The monoisotopic (exact) mass is 357 g/mol. The highest BCUT2D eigenvalue weighted by atomic mass is 16.4. The van der Waals surface area contributed by atoms with Gasteiger partial charge in [-0.25, -0.2) is 0 Å². The van der Waals surface area contributed by atoms with Gasteiger partial charge in [0.15, 0.2) is 0 Å². The van der Waals surface area contributed by atoms with Crippen molar-refractivity contribution in [3.05, 3.63) is 29.8 Å². The molecule has 2 heterocycles. The van der Waals surface area contributed by atoms with E-state index in [1.807, 2.05) is 4.90 Å². The second-order valence-corrected chi connectivity index (χ2v) is 7.94. The fourth-order valence-corrected chi connectivity index (χ4v) is 5.09. The van der Waals surface area contributed by atoms with E-state index in [2.05, 4.69) is 34.5 Å². The molecular weight excluding hydrogens is 330 g/mol. The van der Waals surface area contributed by atoms with Crippen LogP contribution >= 0.6 is 0 Å². The van der Waals surface area contributed by atoms with E-state index in [-0.39, 0.29) is 11.8 Å². The minimum atomic E-state index is -0.685. The van der Waals surface area contributed by atoms with E-state index in [1.165, 1.54) is 11.3 Å². The van der Waals surface area contributed by atoms with Crippen LogP contribution in [0.2, 0.25) is 0 Å². The second kappa shape index (κ2) is 6.91. The van der Waals surface area contributed by atoms with Crippen LogP contribution in [0.25, 0.3) is 0 Å². The number of amides is 1. The molecule has 0 radical (unpaired) electrons. The third-order valence-corrected chi connectivity index (χ3v) is 6.42. The molecule has 4 rings (SSSR count). The van der Waals surface area contributed by atoms with Crippen LogP contribution in [-0.2, 0) is 16.0 Å². The van der Waals surface area contributed by atoms with Gasteiger partial charge in [0, 0.05) is 38.4 Å². The van der Waals surface area contributed by atoms with Gasteiger partial charge in [-0.2, -0.15) is 0 Å². The lowest BCUT2D eigenvalue weighted by Crippen LogP contribution is -2.41. The number of benzene rings is 1. The normalized spacial score (nSPS) is 27.4. The van der Waals surface area contributed by atoms with Crippen LogP contribution in [-0.4, -0.2) is 61.2 Å². The first-order chi connectivity index (χ1) is 12.6. The molecule has 2 aliphatic heterocycles. The third-order valence-electron chi connectivity index (χ3n) is 6.42. The topological polar surface area (TPSA) is 72.9 Å². The standard InChI is InChI=1S/C20H27N3O3/c24-18(13-22-12-16-5-3-8-20(16,14-22)19(25)26)21-9-11-23-10-7-15-4-1-2-6-17(15)23/h1-2,4,6,16H,3,5,7-14H2,(H,21,24)(H,25,26)/t16-,20+/m0/s1. The minimum Gasteiger partial charge on any atom is -0.481 e. The maximum absolute atomic E-state index is 12.3. The van der Waals surface area contributed by atoms with E-state index in [4.69, 9.17) is 0 Å². The summed E-state index contributed by atoms with van der Waals surface area (Å²) in [7, 11) is 0. The molecule has 6 heteroatoms. The average Bonchev–Trinajstić information content (AvgIpc) is 3.28. The molecule has 0 spiro atoms. The molecule has 2 fully saturated rings. The number of para-hydroxylation sites is 1. The lowest BCUT2D eigenvalue weighted by Gasteiger charge is -2.23. The SMILES string of the molecule is O=C(CN1C[C@@H]2CCC[C@@]2(C(=O)O)C1)NCCN1CCc2ccccc21. The Morgan fingerprint density at radius 2 is 2.15 bits per heavy atom. The summed E-state index contributed by atoms with van der Waals surface area (Å²) < 4.78 is 0. The highest BCUT2D eigenvalue weighted by molar-refractivity contribution is 5.79. The van der Waals surface area contributed by atoms with Crippen molar-refractivity contribution < 1.29 is 14.7 Å². The Bertz CT molecular complexity index is 707. The molecule has 1 saturated carbocycles. The van der Waals surface area contributed by atoms with Crippen molar-refractivity contribution in [2.45, 2.75) is 25.7 Å². The molecule has 140 valence electrons. The van der Waals surface area contributed by atoms with Gasteiger partial charge in [-0.3, -0.25) is 14.5 Å². The number of carbonyl (C=O) groups is 2. The number of nitrogens with one attached hydrogen (secondary N) is 1. The minimum absolute atomic E-state index is 0.00186. The second-order valence-electron chi connectivity index (χ2n) is 7.94. The van der Waals surface area contributed by atoms with Crippen molar-refractivity contribution in [1.29, 1.82) is 0 Å². The zero-order valence-corrected chi connectivity index (χ0v) is 15.1. The van der Waals surface area contributed by atoms with E-state index in [9.17, 15) is 14.7 Å². The molecule has 6 nitrogen and oxygen atoms in total. The highest BCUT2D eigenvalue weighted by Gasteiger charge is 2.54. The van der Waals surface area contributed by atoms with Crippen molar-refractivity contribution in [1.82, 2.24) is 10.2 Å². The molecule has 1 saturated heterocycles. The number of nitrogens with zero attached hydrogens (tertiary/aromatic N) is 2. The van der Waals surface area contributed by atoms with Gasteiger partial charge in [0.2, 0.25) is 5.91 Å². The first-order valence-electron chi connectivity index (χ1n) is 9.64. The molecule has 0 aromatic heterocycles. The molecule has 0 unspecified atom stereocenters. The molecule has 2 N–H and O–H groups in total. The van der Waals surface area contributed by atoms with E-state index >= 15 is 0 Å². The predicted octanol–water partition coefficient (Wildman–Crippen LogP) is 1.35. The van der Waals surface area contributed by atoms with Gasteiger partial charge in [0.25, 0.3) is 0 Å².